The average Bonchev–Trinajstić information content (AvgIpc) is 3.33. The molecule has 0 bridgehead atoms. The van der Waals surface area contributed by atoms with E-state index in [-0.39, 0.29) is 11.8 Å². The lowest BCUT2D eigenvalue weighted by Gasteiger charge is -2.29. The zero-order valence-electron chi connectivity index (χ0n) is 19.4. The van der Waals surface area contributed by atoms with Crippen LogP contribution < -0.4 is 10.1 Å². The van der Waals surface area contributed by atoms with Gasteiger partial charge < -0.3 is 19.7 Å². The number of carbonyl (C=O) groups is 1. The number of ether oxygens (including phenoxy) is 2. The monoisotopic (exact) mass is 492 g/mol. The van der Waals surface area contributed by atoms with E-state index in [1.165, 1.54) is 0 Å². The van der Waals surface area contributed by atoms with Crippen molar-refractivity contribution in [1.29, 1.82) is 0 Å². The first kappa shape index (κ1) is 23.1. The van der Waals surface area contributed by atoms with Crippen molar-refractivity contribution in [2.24, 2.45) is 0 Å². The highest BCUT2D eigenvalue weighted by atomic mass is 35.5. The highest BCUT2D eigenvalue weighted by molar-refractivity contribution is 6.32. The van der Waals surface area contributed by atoms with Crippen molar-refractivity contribution in [3.8, 4) is 17.1 Å². The molecule has 1 unspecified atom stereocenters. The Kier molecular flexibility index (Phi) is 6.52. The number of imidazole rings is 1. The van der Waals surface area contributed by atoms with Gasteiger partial charge >= 0.3 is 0 Å². The summed E-state index contributed by atoms with van der Waals surface area (Å²) >= 11 is 6.44. The summed E-state index contributed by atoms with van der Waals surface area (Å²) in [4.78, 5) is 28.2. The molecule has 1 fully saturated rings. The van der Waals surface area contributed by atoms with Crippen LogP contribution in [0.5, 0.6) is 5.75 Å². The fourth-order valence-corrected chi connectivity index (χ4v) is 4.30. The van der Waals surface area contributed by atoms with Crippen molar-refractivity contribution >= 4 is 34.8 Å². The second kappa shape index (κ2) is 9.89. The number of aromatic nitrogens is 4. The lowest BCUT2D eigenvalue weighted by atomic mass is 9.98. The zero-order chi connectivity index (χ0) is 24.4. The summed E-state index contributed by atoms with van der Waals surface area (Å²) in [6.07, 6.45) is 5.19. The zero-order valence-corrected chi connectivity index (χ0v) is 20.2. The molecule has 180 valence electrons. The summed E-state index contributed by atoms with van der Waals surface area (Å²) in [5.74, 6) is 0.720. The van der Waals surface area contributed by atoms with Crippen LogP contribution in [0.25, 0.3) is 17.0 Å². The number of amides is 1. The number of morpholine rings is 1. The Morgan fingerprint density at radius 1 is 1.17 bits per heavy atom. The molecule has 1 amide bonds. The van der Waals surface area contributed by atoms with Gasteiger partial charge in [-0.1, -0.05) is 23.7 Å². The van der Waals surface area contributed by atoms with E-state index >= 15 is 0 Å². The predicted molar refractivity (Wildman–Crippen MR) is 133 cm³/mol. The van der Waals surface area contributed by atoms with Gasteiger partial charge in [0.1, 0.15) is 17.1 Å². The van der Waals surface area contributed by atoms with Crippen LogP contribution in [0.1, 0.15) is 18.4 Å². The highest BCUT2D eigenvalue weighted by Crippen LogP contribution is 2.33. The SMILES string of the molecule is COc1cc(C(C)C(=O)N2CCOCC2)ccc1Nc1ncc(Cl)c(-c2cnc3ccccn23)n1. The van der Waals surface area contributed by atoms with Crippen LogP contribution in [-0.4, -0.2) is 63.6 Å². The minimum Gasteiger partial charge on any atom is -0.495 e. The Morgan fingerprint density at radius 3 is 2.80 bits per heavy atom. The van der Waals surface area contributed by atoms with Gasteiger partial charge in [0.2, 0.25) is 11.9 Å². The number of pyridine rings is 1. The summed E-state index contributed by atoms with van der Waals surface area (Å²) in [6, 6.07) is 11.4. The van der Waals surface area contributed by atoms with E-state index in [0.717, 1.165) is 16.9 Å². The van der Waals surface area contributed by atoms with Crippen LogP contribution in [0.4, 0.5) is 11.6 Å². The molecule has 1 saturated heterocycles. The lowest BCUT2D eigenvalue weighted by molar-refractivity contribution is -0.136. The molecule has 1 aliphatic rings. The fraction of sp³-hybridized carbons (Fsp3) is 0.280. The van der Waals surface area contributed by atoms with Gasteiger partial charge in [-0.05, 0) is 36.8 Å². The molecule has 1 N–H and O–H groups in total. The first-order chi connectivity index (χ1) is 17.0. The Hall–Kier alpha value is -3.69. The van der Waals surface area contributed by atoms with Crippen molar-refractivity contribution in [2.45, 2.75) is 12.8 Å². The standard InChI is InChI=1S/C25H25ClN6O3/c1-16(24(33)31-9-11-35-12-10-31)17-6-7-19(21(13-17)34-2)29-25-28-14-18(26)23(30-25)20-15-27-22-5-3-4-8-32(20)22/h3-8,13-16H,9-12H2,1-2H3,(H,28,29,30). The Labute approximate surface area is 207 Å². The molecule has 0 spiro atoms. The van der Waals surface area contributed by atoms with Crippen LogP contribution in [0.15, 0.2) is 55.0 Å². The molecule has 35 heavy (non-hydrogen) atoms. The van der Waals surface area contributed by atoms with Gasteiger partial charge in [-0.3, -0.25) is 9.20 Å². The maximum atomic E-state index is 12.9. The van der Waals surface area contributed by atoms with Gasteiger partial charge in [0.25, 0.3) is 0 Å². The number of hydrogen-bond acceptors (Lipinski definition) is 7. The summed E-state index contributed by atoms with van der Waals surface area (Å²) in [5, 5.41) is 3.63. The lowest BCUT2D eigenvalue weighted by Crippen LogP contribution is -2.42. The summed E-state index contributed by atoms with van der Waals surface area (Å²) in [7, 11) is 1.59. The van der Waals surface area contributed by atoms with E-state index in [0.29, 0.717) is 54.4 Å². The van der Waals surface area contributed by atoms with E-state index in [1.807, 2.05) is 58.8 Å². The number of anilines is 2. The summed E-state index contributed by atoms with van der Waals surface area (Å²) in [6.45, 7) is 4.28. The van der Waals surface area contributed by atoms with Crippen molar-refractivity contribution in [3.63, 3.8) is 0 Å². The fourth-order valence-electron chi connectivity index (χ4n) is 4.12. The van der Waals surface area contributed by atoms with Crippen molar-refractivity contribution in [1.82, 2.24) is 24.3 Å². The second-order valence-electron chi connectivity index (χ2n) is 8.21. The van der Waals surface area contributed by atoms with Crippen LogP contribution in [0, 0.1) is 0 Å². The van der Waals surface area contributed by atoms with Gasteiger partial charge in [-0.25, -0.2) is 15.0 Å². The number of nitrogens with zero attached hydrogens (tertiary/aromatic N) is 5. The van der Waals surface area contributed by atoms with Gasteiger partial charge in [0.15, 0.2) is 0 Å². The third-order valence-electron chi connectivity index (χ3n) is 6.07. The molecule has 3 aromatic heterocycles. The van der Waals surface area contributed by atoms with Gasteiger partial charge in [-0.2, -0.15) is 0 Å². The molecule has 1 aromatic carbocycles. The minimum absolute atomic E-state index is 0.0785. The molecule has 0 saturated carbocycles. The van der Waals surface area contributed by atoms with E-state index in [9.17, 15) is 4.79 Å². The van der Waals surface area contributed by atoms with Gasteiger partial charge in [0, 0.05) is 19.3 Å². The molecule has 5 rings (SSSR count). The van der Waals surface area contributed by atoms with Crippen molar-refractivity contribution in [2.75, 3.05) is 38.7 Å². The molecule has 0 radical (unpaired) electrons. The third-order valence-corrected chi connectivity index (χ3v) is 6.35. The molecule has 4 heterocycles. The number of benzene rings is 1. The quantitative estimate of drug-likeness (QED) is 0.432. The minimum atomic E-state index is -0.301. The van der Waals surface area contributed by atoms with Crippen LogP contribution in [-0.2, 0) is 9.53 Å². The number of methoxy groups -OCH3 is 1. The maximum absolute atomic E-state index is 12.9. The number of rotatable bonds is 6. The summed E-state index contributed by atoms with van der Waals surface area (Å²) < 4.78 is 12.9. The molecule has 4 aromatic rings. The van der Waals surface area contributed by atoms with E-state index in [2.05, 4.69) is 20.3 Å². The molecular weight excluding hydrogens is 468 g/mol. The number of hydrogen-bond donors (Lipinski definition) is 1. The molecule has 1 aliphatic heterocycles. The molecular formula is C25H25ClN6O3. The Balaban J connectivity index is 1.40. The predicted octanol–water partition coefficient (Wildman–Crippen LogP) is 4.16. The molecule has 9 nitrogen and oxygen atoms in total. The normalized spacial score (nSPS) is 14.7. The van der Waals surface area contributed by atoms with Crippen LogP contribution >= 0.6 is 11.6 Å². The van der Waals surface area contributed by atoms with Crippen LogP contribution in [0.3, 0.4) is 0 Å². The Bertz CT molecular complexity index is 1370. The maximum Gasteiger partial charge on any atom is 0.229 e. The van der Waals surface area contributed by atoms with Crippen LogP contribution in [0.2, 0.25) is 5.02 Å². The highest BCUT2D eigenvalue weighted by Gasteiger charge is 2.24. The smallest absolute Gasteiger partial charge is 0.229 e. The molecule has 1 atom stereocenters. The Morgan fingerprint density at radius 2 is 2.00 bits per heavy atom. The second-order valence-corrected chi connectivity index (χ2v) is 8.61. The summed E-state index contributed by atoms with van der Waals surface area (Å²) in [5.41, 5.74) is 3.66. The number of nitrogens with one attached hydrogen (secondary N) is 1. The topological polar surface area (TPSA) is 93.9 Å². The third kappa shape index (κ3) is 4.65. The van der Waals surface area contributed by atoms with E-state index in [4.69, 9.17) is 21.1 Å². The first-order valence-corrected chi connectivity index (χ1v) is 11.7. The van der Waals surface area contributed by atoms with E-state index < -0.39 is 0 Å². The largest absolute Gasteiger partial charge is 0.495 e. The first-order valence-electron chi connectivity index (χ1n) is 11.3. The van der Waals surface area contributed by atoms with Crippen molar-refractivity contribution < 1.29 is 14.3 Å². The molecule has 0 aliphatic carbocycles. The van der Waals surface area contributed by atoms with Gasteiger partial charge in [0.05, 0.1) is 55.0 Å². The number of halogens is 1. The van der Waals surface area contributed by atoms with Gasteiger partial charge in [-0.15, -0.1) is 0 Å². The molecule has 10 heteroatoms. The number of carbonyl (C=O) groups excluding carboxylic acids is 1. The van der Waals surface area contributed by atoms with Crippen molar-refractivity contribution in [3.05, 3.63) is 65.6 Å². The number of fused-ring (bicyclic) bond motifs is 1. The van der Waals surface area contributed by atoms with E-state index in [1.54, 1.807) is 19.5 Å². The average molecular weight is 493 g/mol.